The number of hydrogen-bond acceptors (Lipinski definition) is 2. The smallest absolute Gasteiger partial charge is 0.315 e. The van der Waals surface area contributed by atoms with Crippen molar-refractivity contribution in [1.29, 1.82) is 0 Å². The molecule has 2 rings (SSSR count). The molecule has 0 unspecified atom stereocenters. The van der Waals surface area contributed by atoms with Crippen LogP contribution in [0, 0.1) is 5.92 Å². The van der Waals surface area contributed by atoms with E-state index in [1.165, 1.54) is 19.3 Å². The van der Waals surface area contributed by atoms with Crippen molar-refractivity contribution in [3.8, 4) is 0 Å². The zero-order chi connectivity index (χ0) is 13.7. The van der Waals surface area contributed by atoms with Crippen LogP contribution in [0.5, 0.6) is 0 Å². The van der Waals surface area contributed by atoms with Gasteiger partial charge >= 0.3 is 6.03 Å². The third-order valence-electron chi connectivity index (χ3n) is 4.85. The van der Waals surface area contributed by atoms with Crippen LogP contribution in [0.2, 0.25) is 0 Å². The van der Waals surface area contributed by atoms with Gasteiger partial charge in [0.15, 0.2) is 0 Å². The second-order valence-corrected chi connectivity index (χ2v) is 6.55. The molecule has 19 heavy (non-hydrogen) atoms. The predicted molar refractivity (Wildman–Crippen MR) is 76.0 cm³/mol. The number of hydrogen-bond donors (Lipinski definition) is 3. The van der Waals surface area contributed by atoms with Crippen LogP contribution in [0.1, 0.15) is 64.7 Å². The third-order valence-corrected chi connectivity index (χ3v) is 4.85. The van der Waals surface area contributed by atoms with Crippen molar-refractivity contribution in [2.75, 3.05) is 6.61 Å². The highest BCUT2D eigenvalue weighted by Crippen LogP contribution is 2.31. The van der Waals surface area contributed by atoms with Crippen LogP contribution >= 0.6 is 0 Å². The molecule has 110 valence electrons. The van der Waals surface area contributed by atoms with Gasteiger partial charge in [0.1, 0.15) is 0 Å². The van der Waals surface area contributed by atoms with Gasteiger partial charge in [-0.05, 0) is 44.4 Å². The van der Waals surface area contributed by atoms with E-state index in [9.17, 15) is 9.90 Å². The van der Waals surface area contributed by atoms with Crippen molar-refractivity contribution < 1.29 is 9.90 Å². The Morgan fingerprint density at radius 1 is 1.16 bits per heavy atom. The Morgan fingerprint density at radius 3 is 2.37 bits per heavy atom. The summed E-state index contributed by atoms with van der Waals surface area (Å²) in [5.74, 6) is 0.711. The van der Waals surface area contributed by atoms with Gasteiger partial charge in [0.25, 0.3) is 0 Å². The van der Waals surface area contributed by atoms with E-state index < -0.39 is 0 Å². The normalized spacial score (nSPS) is 32.8. The Morgan fingerprint density at radius 2 is 1.79 bits per heavy atom. The monoisotopic (exact) mass is 268 g/mol. The average Bonchev–Trinajstić information content (AvgIpc) is 2.43. The summed E-state index contributed by atoms with van der Waals surface area (Å²) in [6.07, 6.45) is 9.87. The van der Waals surface area contributed by atoms with Crippen LogP contribution in [0.25, 0.3) is 0 Å². The van der Waals surface area contributed by atoms with Gasteiger partial charge < -0.3 is 15.7 Å². The largest absolute Gasteiger partial charge is 0.394 e. The van der Waals surface area contributed by atoms with E-state index in [1.54, 1.807) is 0 Å². The summed E-state index contributed by atoms with van der Waals surface area (Å²) >= 11 is 0. The summed E-state index contributed by atoms with van der Waals surface area (Å²) < 4.78 is 0. The minimum atomic E-state index is -0.384. The molecule has 0 aromatic rings. The van der Waals surface area contributed by atoms with Gasteiger partial charge in [-0.1, -0.05) is 26.2 Å². The van der Waals surface area contributed by atoms with E-state index in [1.807, 2.05) is 0 Å². The summed E-state index contributed by atoms with van der Waals surface area (Å²) in [5, 5.41) is 15.8. The summed E-state index contributed by atoms with van der Waals surface area (Å²) in [4.78, 5) is 12.1. The number of aliphatic hydroxyl groups excluding tert-OH is 1. The first-order valence-electron chi connectivity index (χ1n) is 7.83. The van der Waals surface area contributed by atoms with Crippen LogP contribution in [-0.2, 0) is 0 Å². The Hall–Kier alpha value is -0.770. The molecule has 3 N–H and O–H groups in total. The van der Waals surface area contributed by atoms with Crippen molar-refractivity contribution in [1.82, 2.24) is 10.6 Å². The van der Waals surface area contributed by atoms with Crippen molar-refractivity contribution in [2.24, 2.45) is 5.92 Å². The van der Waals surface area contributed by atoms with E-state index in [4.69, 9.17) is 0 Å². The maximum atomic E-state index is 12.1. The molecule has 2 aliphatic rings. The van der Waals surface area contributed by atoms with Crippen LogP contribution < -0.4 is 10.6 Å². The van der Waals surface area contributed by atoms with Gasteiger partial charge in [-0.15, -0.1) is 0 Å². The standard InChI is InChI=1S/C15H28N2O2/c1-12-7-9-15(11-18,10-8-12)17-14(19)16-13-5-3-2-4-6-13/h12-13,18H,2-11H2,1H3,(H2,16,17,19). The first kappa shape index (κ1) is 14.6. The molecule has 0 aromatic heterocycles. The first-order valence-corrected chi connectivity index (χ1v) is 7.83. The zero-order valence-corrected chi connectivity index (χ0v) is 12.1. The van der Waals surface area contributed by atoms with E-state index >= 15 is 0 Å². The number of urea groups is 1. The molecule has 0 atom stereocenters. The van der Waals surface area contributed by atoms with Crippen LogP contribution in [0.3, 0.4) is 0 Å². The highest BCUT2D eigenvalue weighted by atomic mass is 16.3. The van der Waals surface area contributed by atoms with Crippen molar-refractivity contribution in [2.45, 2.75) is 76.3 Å². The molecule has 0 heterocycles. The first-order chi connectivity index (χ1) is 9.13. The van der Waals surface area contributed by atoms with Crippen molar-refractivity contribution in [3.63, 3.8) is 0 Å². The minimum absolute atomic E-state index is 0.0534. The number of carbonyl (C=O) groups is 1. The molecule has 0 bridgehead atoms. The zero-order valence-electron chi connectivity index (χ0n) is 12.1. The summed E-state index contributed by atoms with van der Waals surface area (Å²) in [5.41, 5.74) is -0.384. The molecule has 0 aromatic carbocycles. The molecular formula is C15H28N2O2. The molecule has 0 spiro atoms. The summed E-state index contributed by atoms with van der Waals surface area (Å²) in [7, 11) is 0. The Balaban J connectivity index is 1.82. The van der Waals surface area contributed by atoms with Gasteiger partial charge in [-0.2, -0.15) is 0 Å². The fraction of sp³-hybridized carbons (Fsp3) is 0.933. The summed E-state index contributed by atoms with van der Waals surface area (Å²) in [6.45, 7) is 2.29. The van der Waals surface area contributed by atoms with Gasteiger partial charge in [0.05, 0.1) is 12.1 Å². The van der Waals surface area contributed by atoms with Gasteiger partial charge in [0, 0.05) is 6.04 Å². The topological polar surface area (TPSA) is 61.4 Å². The Kier molecular flexibility index (Phi) is 5.08. The second-order valence-electron chi connectivity index (χ2n) is 6.55. The lowest BCUT2D eigenvalue weighted by molar-refractivity contribution is 0.110. The minimum Gasteiger partial charge on any atom is -0.394 e. The SMILES string of the molecule is CC1CCC(CO)(NC(=O)NC2CCCCC2)CC1. The van der Waals surface area contributed by atoms with Crippen molar-refractivity contribution >= 4 is 6.03 Å². The number of carbonyl (C=O) groups excluding carboxylic acids is 1. The average molecular weight is 268 g/mol. The van der Waals surface area contributed by atoms with Crippen LogP contribution in [0.4, 0.5) is 4.79 Å². The second kappa shape index (κ2) is 6.60. The van der Waals surface area contributed by atoms with Crippen molar-refractivity contribution in [3.05, 3.63) is 0 Å². The lowest BCUT2D eigenvalue weighted by Gasteiger charge is -2.39. The Labute approximate surface area is 116 Å². The molecular weight excluding hydrogens is 240 g/mol. The quantitative estimate of drug-likeness (QED) is 0.736. The third kappa shape index (κ3) is 4.10. The molecule has 2 saturated carbocycles. The molecule has 4 heteroatoms. The lowest BCUT2D eigenvalue weighted by atomic mass is 9.77. The number of rotatable bonds is 3. The maximum absolute atomic E-state index is 12.1. The number of aliphatic hydroxyl groups is 1. The fourth-order valence-corrected chi connectivity index (χ4v) is 3.35. The van der Waals surface area contributed by atoms with Crippen LogP contribution in [-0.4, -0.2) is 29.3 Å². The highest BCUT2D eigenvalue weighted by molar-refractivity contribution is 5.75. The molecule has 2 amide bonds. The van der Waals surface area contributed by atoms with E-state index in [2.05, 4.69) is 17.6 Å². The van der Waals surface area contributed by atoms with Gasteiger partial charge in [0.2, 0.25) is 0 Å². The van der Waals surface area contributed by atoms with E-state index in [0.717, 1.165) is 38.5 Å². The lowest BCUT2D eigenvalue weighted by Crippen LogP contribution is -2.57. The molecule has 4 nitrogen and oxygen atoms in total. The Bertz CT molecular complexity index is 293. The van der Waals surface area contributed by atoms with Crippen LogP contribution in [0.15, 0.2) is 0 Å². The molecule has 0 radical (unpaired) electrons. The number of nitrogens with one attached hydrogen (secondary N) is 2. The number of amides is 2. The molecule has 0 aliphatic heterocycles. The van der Waals surface area contributed by atoms with Gasteiger partial charge in [-0.25, -0.2) is 4.79 Å². The van der Waals surface area contributed by atoms with Gasteiger partial charge in [-0.3, -0.25) is 0 Å². The highest BCUT2D eigenvalue weighted by Gasteiger charge is 2.35. The molecule has 2 aliphatic carbocycles. The fourth-order valence-electron chi connectivity index (χ4n) is 3.35. The maximum Gasteiger partial charge on any atom is 0.315 e. The predicted octanol–water partition coefficient (Wildman–Crippen LogP) is 2.56. The molecule has 0 saturated heterocycles. The summed E-state index contributed by atoms with van der Waals surface area (Å²) in [6, 6.07) is 0.238. The van der Waals surface area contributed by atoms with E-state index in [0.29, 0.717) is 12.0 Å². The molecule has 2 fully saturated rings. The van der Waals surface area contributed by atoms with E-state index in [-0.39, 0.29) is 18.2 Å².